The molecule has 0 saturated carbocycles. The lowest BCUT2D eigenvalue weighted by atomic mass is 10.3. The number of carbonyl (C=O) groups excluding carboxylic acids is 1. The zero-order valence-electron chi connectivity index (χ0n) is 15.5. The van der Waals surface area contributed by atoms with Crippen molar-refractivity contribution in [1.29, 1.82) is 0 Å². The predicted molar refractivity (Wildman–Crippen MR) is 100 cm³/mol. The first-order valence-corrected chi connectivity index (χ1v) is 9.74. The van der Waals surface area contributed by atoms with Crippen LogP contribution in [0.1, 0.15) is 47.2 Å². The van der Waals surface area contributed by atoms with Crippen molar-refractivity contribution in [1.82, 2.24) is 15.1 Å². The second kappa shape index (κ2) is 8.22. The molecule has 0 aliphatic rings. The van der Waals surface area contributed by atoms with Gasteiger partial charge >= 0.3 is 6.18 Å². The molecule has 5 nitrogen and oxygen atoms in total. The summed E-state index contributed by atoms with van der Waals surface area (Å²) < 4.78 is 46.1. The lowest BCUT2D eigenvalue weighted by Crippen LogP contribution is -2.21. The van der Waals surface area contributed by atoms with Crippen molar-refractivity contribution >= 4 is 17.2 Å². The molecule has 0 atom stereocenters. The number of nitrogens with one attached hydrogen (secondary N) is 1. The van der Waals surface area contributed by atoms with Gasteiger partial charge in [0, 0.05) is 13.0 Å². The first-order valence-electron chi connectivity index (χ1n) is 8.92. The van der Waals surface area contributed by atoms with E-state index < -0.39 is 11.9 Å². The summed E-state index contributed by atoms with van der Waals surface area (Å²) in [7, 11) is 0. The van der Waals surface area contributed by atoms with Crippen LogP contribution >= 0.6 is 11.3 Å². The molecule has 3 rings (SSSR count). The Labute approximate surface area is 164 Å². The van der Waals surface area contributed by atoms with Crippen molar-refractivity contribution in [2.45, 2.75) is 46.0 Å². The van der Waals surface area contributed by atoms with Crippen molar-refractivity contribution in [3.8, 4) is 10.6 Å². The van der Waals surface area contributed by atoms with E-state index in [1.807, 2.05) is 13.0 Å². The van der Waals surface area contributed by atoms with E-state index in [9.17, 15) is 18.0 Å². The number of hydrogen-bond donors (Lipinski definition) is 1. The Morgan fingerprint density at radius 3 is 2.61 bits per heavy atom. The highest BCUT2D eigenvalue weighted by atomic mass is 32.1. The summed E-state index contributed by atoms with van der Waals surface area (Å²) in [5, 5.41) is 6.83. The fraction of sp³-hybridized carbons (Fsp3) is 0.368. The van der Waals surface area contributed by atoms with E-state index in [2.05, 4.69) is 10.4 Å². The van der Waals surface area contributed by atoms with E-state index in [4.69, 9.17) is 4.42 Å². The average molecular weight is 411 g/mol. The zero-order valence-corrected chi connectivity index (χ0v) is 16.3. The number of rotatable bonds is 7. The molecule has 28 heavy (non-hydrogen) atoms. The Bertz CT molecular complexity index is 956. The van der Waals surface area contributed by atoms with E-state index in [-0.39, 0.29) is 24.7 Å². The van der Waals surface area contributed by atoms with Gasteiger partial charge in [-0.2, -0.15) is 18.3 Å². The normalized spacial score (nSPS) is 11.8. The van der Waals surface area contributed by atoms with Gasteiger partial charge < -0.3 is 9.73 Å². The average Bonchev–Trinajstić information content (AvgIpc) is 3.37. The maximum Gasteiger partial charge on any atom is 0.433 e. The largest absolute Gasteiger partial charge is 0.464 e. The molecule has 3 aromatic rings. The highest BCUT2D eigenvalue weighted by Crippen LogP contribution is 2.34. The van der Waals surface area contributed by atoms with Gasteiger partial charge in [-0.05, 0) is 36.8 Å². The molecule has 1 N–H and O–H groups in total. The van der Waals surface area contributed by atoms with Crippen LogP contribution in [0.2, 0.25) is 0 Å². The van der Waals surface area contributed by atoms with Gasteiger partial charge in [0.1, 0.15) is 22.9 Å². The molecule has 150 valence electrons. The summed E-state index contributed by atoms with van der Waals surface area (Å²) in [6, 6.07) is 7.88. The van der Waals surface area contributed by atoms with Crippen LogP contribution in [0.4, 0.5) is 13.2 Å². The van der Waals surface area contributed by atoms with E-state index >= 15 is 0 Å². The van der Waals surface area contributed by atoms with Crippen molar-refractivity contribution in [3.05, 3.63) is 52.4 Å². The fourth-order valence-corrected chi connectivity index (χ4v) is 3.59. The number of alkyl halides is 3. The number of nitrogens with zero attached hydrogens (tertiary/aromatic N) is 2. The zero-order chi connectivity index (χ0) is 20.3. The Morgan fingerprint density at radius 1 is 1.21 bits per heavy atom. The van der Waals surface area contributed by atoms with Crippen LogP contribution in [0.3, 0.4) is 0 Å². The molecule has 0 spiro atoms. The lowest BCUT2D eigenvalue weighted by Gasteiger charge is -2.08. The number of halogens is 3. The highest BCUT2D eigenvalue weighted by Gasteiger charge is 2.36. The second-order valence-electron chi connectivity index (χ2n) is 6.20. The Hall–Kier alpha value is -2.55. The first kappa shape index (κ1) is 20.2. The number of carbonyl (C=O) groups is 1. The van der Waals surface area contributed by atoms with Crippen LogP contribution in [0, 0.1) is 0 Å². The molecular formula is C19H20F3N3O2S. The molecule has 0 aromatic carbocycles. The van der Waals surface area contributed by atoms with E-state index in [0.717, 1.165) is 34.3 Å². The molecule has 0 fully saturated rings. The van der Waals surface area contributed by atoms with Crippen LogP contribution in [-0.4, -0.2) is 15.7 Å². The number of furan rings is 1. The molecule has 3 heterocycles. The summed E-state index contributed by atoms with van der Waals surface area (Å²) in [4.78, 5) is 13.2. The highest BCUT2D eigenvalue weighted by molar-refractivity contribution is 7.17. The minimum atomic E-state index is -4.47. The van der Waals surface area contributed by atoms with E-state index in [1.165, 1.54) is 0 Å². The van der Waals surface area contributed by atoms with Crippen LogP contribution < -0.4 is 5.32 Å². The third kappa shape index (κ3) is 4.46. The van der Waals surface area contributed by atoms with E-state index in [1.54, 1.807) is 25.1 Å². The third-order valence-electron chi connectivity index (χ3n) is 4.08. The molecule has 0 unspecified atom stereocenters. The minimum absolute atomic E-state index is 0.177. The van der Waals surface area contributed by atoms with Gasteiger partial charge in [0.25, 0.3) is 5.91 Å². The molecule has 1 amide bonds. The van der Waals surface area contributed by atoms with Crippen LogP contribution in [0.15, 0.2) is 34.7 Å². The maximum atomic E-state index is 13.2. The topological polar surface area (TPSA) is 60.1 Å². The van der Waals surface area contributed by atoms with Crippen LogP contribution in [0.5, 0.6) is 0 Å². The van der Waals surface area contributed by atoms with Gasteiger partial charge in [-0.15, -0.1) is 11.3 Å². The minimum Gasteiger partial charge on any atom is -0.464 e. The van der Waals surface area contributed by atoms with Gasteiger partial charge in [0.2, 0.25) is 0 Å². The summed E-state index contributed by atoms with van der Waals surface area (Å²) >= 11 is 1.10. The lowest BCUT2D eigenvalue weighted by molar-refractivity contribution is -0.144. The summed E-state index contributed by atoms with van der Waals surface area (Å²) in [6.07, 6.45) is -3.17. The number of amides is 1. The maximum absolute atomic E-state index is 13.2. The SMILES string of the molecule is CCCn1nc(-c2ccc(C(=O)NCc3ccc(CC)o3)s2)cc1C(F)(F)F. The fourth-order valence-electron chi connectivity index (χ4n) is 2.71. The molecule has 0 bridgehead atoms. The van der Waals surface area contributed by atoms with Gasteiger partial charge in [-0.3, -0.25) is 9.48 Å². The van der Waals surface area contributed by atoms with Crippen LogP contribution in [0.25, 0.3) is 10.6 Å². The van der Waals surface area contributed by atoms with Crippen molar-refractivity contribution in [2.24, 2.45) is 0 Å². The molecule has 0 aliphatic heterocycles. The molecule has 3 aromatic heterocycles. The number of aryl methyl sites for hydroxylation is 2. The van der Waals surface area contributed by atoms with Crippen molar-refractivity contribution < 1.29 is 22.4 Å². The summed E-state index contributed by atoms with van der Waals surface area (Å²) in [5.41, 5.74) is -0.572. The second-order valence-corrected chi connectivity index (χ2v) is 7.29. The number of aromatic nitrogens is 2. The monoisotopic (exact) mass is 411 g/mol. The Balaban J connectivity index is 1.73. The standard InChI is InChI=1S/C19H20F3N3O2S/c1-3-9-25-17(19(20,21)22)10-14(24-25)15-7-8-16(28-15)18(26)23-11-13-6-5-12(4-2)27-13/h5-8,10H,3-4,9,11H2,1-2H3,(H,23,26). The van der Waals surface area contributed by atoms with Crippen LogP contribution in [-0.2, 0) is 25.7 Å². The smallest absolute Gasteiger partial charge is 0.433 e. The summed E-state index contributed by atoms with van der Waals surface area (Å²) in [6.45, 7) is 4.18. The third-order valence-corrected chi connectivity index (χ3v) is 5.18. The molecular weight excluding hydrogens is 391 g/mol. The van der Waals surface area contributed by atoms with Crippen molar-refractivity contribution in [2.75, 3.05) is 0 Å². The Kier molecular flexibility index (Phi) is 5.93. The van der Waals surface area contributed by atoms with Gasteiger partial charge in [-0.25, -0.2) is 0 Å². The quantitative estimate of drug-likeness (QED) is 0.587. The molecule has 0 aliphatic carbocycles. The number of hydrogen-bond acceptors (Lipinski definition) is 4. The summed E-state index contributed by atoms with van der Waals surface area (Å²) in [5.74, 6) is 1.18. The van der Waals surface area contributed by atoms with Gasteiger partial charge in [0.05, 0.1) is 16.3 Å². The molecule has 0 saturated heterocycles. The number of thiophene rings is 1. The van der Waals surface area contributed by atoms with Crippen molar-refractivity contribution in [3.63, 3.8) is 0 Å². The molecule has 9 heteroatoms. The van der Waals surface area contributed by atoms with E-state index in [0.29, 0.717) is 21.9 Å². The molecule has 0 radical (unpaired) electrons. The Morgan fingerprint density at radius 2 is 1.96 bits per heavy atom. The van der Waals surface area contributed by atoms with Gasteiger partial charge in [-0.1, -0.05) is 13.8 Å². The predicted octanol–water partition coefficient (Wildman–Crippen LogP) is 5.13. The van der Waals surface area contributed by atoms with Gasteiger partial charge in [0.15, 0.2) is 0 Å². The first-order chi connectivity index (χ1) is 13.3.